The summed E-state index contributed by atoms with van der Waals surface area (Å²) in [5.41, 5.74) is 0.338. The average molecular weight is 180 g/mol. The molecule has 0 fully saturated rings. The standard InChI is InChI=1S/C7H8N4O2/c1-3-4-8-6-5-9-10(2)7(6)11(12)13/h1,5,8H,4H2,2H3. The molecule has 1 N–H and O–H groups in total. The van der Waals surface area contributed by atoms with Gasteiger partial charge in [-0.1, -0.05) is 11.0 Å². The predicted molar refractivity (Wildman–Crippen MR) is 47.2 cm³/mol. The van der Waals surface area contributed by atoms with Crippen LogP contribution < -0.4 is 5.32 Å². The highest BCUT2D eigenvalue weighted by Gasteiger charge is 2.17. The molecular formula is C7H8N4O2. The van der Waals surface area contributed by atoms with Crippen molar-refractivity contribution in [2.75, 3.05) is 11.9 Å². The van der Waals surface area contributed by atoms with Crippen molar-refractivity contribution in [3.63, 3.8) is 0 Å². The molecule has 0 aliphatic rings. The van der Waals surface area contributed by atoms with E-state index in [1.807, 2.05) is 0 Å². The normalized spacial score (nSPS) is 9.23. The summed E-state index contributed by atoms with van der Waals surface area (Å²) in [7, 11) is 1.50. The number of hydrogen-bond donors (Lipinski definition) is 1. The van der Waals surface area contributed by atoms with Gasteiger partial charge >= 0.3 is 5.82 Å². The van der Waals surface area contributed by atoms with Gasteiger partial charge in [-0.25, -0.2) is 0 Å². The second-order valence-electron chi connectivity index (χ2n) is 2.32. The summed E-state index contributed by atoms with van der Waals surface area (Å²) < 4.78 is 1.18. The molecule has 0 aromatic carbocycles. The maximum atomic E-state index is 10.5. The molecule has 1 aromatic heterocycles. The highest BCUT2D eigenvalue weighted by atomic mass is 16.6. The number of nitro groups is 1. The Labute approximate surface area is 74.7 Å². The van der Waals surface area contributed by atoms with Crippen LogP contribution in [0.3, 0.4) is 0 Å². The van der Waals surface area contributed by atoms with Gasteiger partial charge in [0.25, 0.3) is 0 Å². The van der Waals surface area contributed by atoms with Crippen molar-refractivity contribution in [2.24, 2.45) is 7.05 Å². The van der Waals surface area contributed by atoms with E-state index >= 15 is 0 Å². The van der Waals surface area contributed by atoms with Crippen LogP contribution in [-0.2, 0) is 7.05 Å². The van der Waals surface area contributed by atoms with E-state index in [4.69, 9.17) is 6.42 Å². The molecule has 0 aliphatic carbocycles. The van der Waals surface area contributed by atoms with E-state index in [1.165, 1.54) is 17.9 Å². The molecule has 0 radical (unpaired) electrons. The molecule has 1 heterocycles. The zero-order valence-corrected chi connectivity index (χ0v) is 7.02. The van der Waals surface area contributed by atoms with Crippen molar-refractivity contribution in [1.29, 1.82) is 0 Å². The summed E-state index contributed by atoms with van der Waals surface area (Å²) in [6.45, 7) is 0.243. The SMILES string of the molecule is C#CCNc1cnn(C)c1[N+](=O)[O-]. The van der Waals surface area contributed by atoms with Gasteiger partial charge in [0, 0.05) is 0 Å². The largest absolute Gasteiger partial charge is 0.368 e. The second kappa shape index (κ2) is 3.58. The van der Waals surface area contributed by atoms with Crippen LogP contribution in [0.15, 0.2) is 6.20 Å². The highest BCUT2D eigenvalue weighted by Crippen LogP contribution is 2.21. The summed E-state index contributed by atoms with van der Waals surface area (Å²) >= 11 is 0. The monoisotopic (exact) mass is 180 g/mol. The van der Waals surface area contributed by atoms with Crippen molar-refractivity contribution < 1.29 is 4.92 Å². The number of rotatable bonds is 3. The van der Waals surface area contributed by atoms with Gasteiger partial charge in [-0.05, 0) is 4.92 Å². The topological polar surface area (TPSA) is 73.0 Å². The third kappa shape index (κ3) is 1.76. The molecule has 0 spiro atoms. The van der Waals surface area contributed by atoms with Crippen molar-refractivity contribution in [2.45, 2.75) is 0 Å². The first-order chi connectivity index (χ1) is 6.16. The molecule has 6 nitrogen and oxygen atoms in total. The van der Waals surface area contributed by atoms with E-state index in [9.17, 15) is 10.1 Å². The molecule has 1 rings (SSSR count). The van der Waals surface area contributed by atoms with Crippen LogP contribution in [0.25, 0.3) is 0 Å². The summed E-state index contributed by atoms with van der Waals surface area (Å²) in [5, 5.41) is 17.0. The van der Waals surface area contributed by atoms with Gasteiger partial charge in [0.05, 0.1) is 6.54 Å². The third-order valence-electron chi connectivity index (χ3n) is 1.46. The zero-order chi connectivity index (χ0) is 9.84. The Kier molecular flexibility index (Phi) is 2.50. The maximum Gasteiger partial charge on any atom is 0.368 e. The number of hydrogen-bond acceptors (Lipinski definition) is 4. The van der Waals surface area contributed by atoms with Crippen LogP contribution in [0.5, 0.6) is 0 Å². The van der Waals surface area contributed by atoms with Crippen molar-refractivity contribution in [3.8, 4) is 12.3 Å². The summed E-state index contributed by atoms with van der Waals surface area (Å²) in [4.78, 5) is 10.0. The van der Waals surface area contributed by atoms with Gasteiger partial charge in [0.2, 0.25) is 0 Å². The smallest absolute Gasteiger partial charge is 0.366 e. The first kappa shape index (κ1) is 9.06. The Morgan fingerprint density at radius 2 is 2.62 bits per heavy atom. The molecule has 6 heteroatoms. The molecule has 68 valence electrons. The molecule has 0 atom stereocenters. The van der Waals surface area contributed by atoms with Crippen LogP contribution in [-0.4, -0.2) is 21.2 Å². The lowest BCUT2D eigenvalue weighted by Crippen LogP contribution is -2.03. The highest BCUT2D eigenvalue weighted by molar-refractivity contribution is 5.56. The number of aryl methyl sites for hydroxylation is 1. The number of nitrogens with one attached hydrogen (secondary N) is 1. The minimum absolute atomic E-state index is 0.0877. The fraction of sp³-hybridized carbons (Fsp3) is 0.286. The lowest BCUT2D eigenvalue weighted by atomic mass is 10.5. The molecule has 0 amide bonds. The molecule has 0 unspecified atom stereocenters. The van der Waals surface area contributed by atoms with Gasteiger partial charge in [-0.15, -0.1) is 11.1 Å². The van der Waals surface area contributed by atoms with Crippen LogP contribution in [0.2, 0.25) is 0 Å². The lowest BCUT2D eigenvalue weighted by molar-refractivity contribution is -0.391. The van der Waals surface area contributed by atoms with Gasteiger partial charge in [0.15, 0.2) is 5.69 Å². The van der Waals surface area contributed by atoms with E-state index in [-0.39, 0.29) is 12.4 Å². The number of nitrogens with zero attached hydrogens (tertiary/aromatic N) is 3. The van der Waals surface area contributed by atoms with Gasteiger partial charge in [0.1, 0.15) is 13.2 Å². The number of anilines is 1. The molecule has 0 aliphatic heterocycles. The van der Waals surface area contributed by atoms with Crippen molar-refractivity contribution in [3.05, 3.63) is 16.3 Å². The van der Waals surface area contributed by atoms with Crippen molar-refractivity contribution in [1.82, 2.24) is 9.78 Å². The van der Waals surface area contributed by atoms with Gasteiger partial charge < -0.3 is 15.4 Å². The van der Waals surface area contributed by atoms with E-state index in [0.29, 0.717) is 5.69 Å². The Balaban J connectivity index is 2.95. The van der Waals surface area contributed by atoms with E-state index in [0.717, 1.165) is 0 Å². The Morgan fingerprint density at radius 3 is 3.15 bits per heavy atom. The first-order valence-corrected chi connectivity index (χ1v) is 3.50. The first-order valence-electron chi connectivity index (χ1n) is 3.50. The quantitative estimate of drug-likeness (QED) is 0.414. The van der Waals surface area contributed by atoms with E-state index in [1.54, 1.807) is 0 Å². The molecular weight excluding hydrogens is 172 g/mol. The van der Waals surface area contributed by atoms with Crippen LogP contribution in [0, 0.1) is 22.5 Å². The summed E-state index contributed by atoms with van der Waals surface area (Å²) in [5.74, 6) is 2.23. The predicted octanol–water partition coefficient (Wildman–Crippen LogP) is 0.373. The van der Waals surface area contributed by atoms with Gasteiger partial charge in [-0.3, -0.25) is 0 Å². The fourth-order valence-corrected chi connectivity index (χ4v) is 0.919. The molecule has 0 bridgehead atoms. The molecule has 0 saturated carbocycles. The molecule has 1 aromatic rings. The Bertz CT molecular complexity index is 363. The zero-order valence-electron chi connectivity index (χ0n) is 7.02. The minimum Gasteiger partial charge on any atom is -0.366 e. The maximum absolute atomic E-state index is 10.5. The fourth-order valence-electron chi connectivity index (χ4n) is 0.919. The summed E-state index contributed by atoms with van der Waals surface area (Å²) in [6, 6.07) is 0. The minimum atomic E-state index is -0.508. The second-order valence-corrected chi connectivity index (χ2v) is 2.32. The van der Waals surface area contributed by atoms with Crippen LogP contribution in [0.1, 0.15) is 0 Å². The third-order valence-corrected chi connectivity index (χ3v) is 1.46. The van der Waals surface area contributed by atoms with Crippen LogP contribution >= 0.6 is 0 Å². The van der Waals surface area contributed by atoms with E-state index < -0.39 is 4.92 Å². The average Bonchev–Trinajstić information content (AvgIpc) is 2.43. The van der Waals surface area contributed by atoms with Gasteiger partial charge in [-0.2, -0.15) is 0 Å². The summed E-state index contributed by atoms with van der Waals surface area (Å²) in [6.07, 6.45) is 6.37. The van der Waals surface area contributed by atoms with Crippen LogP contribution in [0.4, 0.5) is 11.5 Å². The van der Waals surface area contributed by atoms with Crippen molar-refractivity contribution >= 4 is 11.5 Å². The molecule has 0 saturated heterocycles. The Hall–Kier alpha value is -2.03. The lowest BCUT2D eigenvalue weighted by Gasteiger charge is -1.98. The Morgan fingerprint density at radius 1 is 1.92 bits per heavy atom. The number of aromatic nitrogens is 2. The van der Waals surface area contributed by atoms with E-state index in [2.05, 4.69) is 16.3 Å². The number of terminal acetylenes is 1. The molecule has 13 heavy (non-hydrogen) atoms.